The molecule has 3 atom stereocenters. The highest BCUT2D eigenvalue weighted by atomic mass is 16.4. The van der Waals surface area contributed by atoms with Crippen molar-refractivity contribution < 1.29 is 19.8 Å². The van der Waals surface area contributed by atoms with Gasteiger partial charge in [0.05, 0.1) is 5.92 Å². The average Bonchev–Trinajstić information content (AvgIpc) is 2.46. The van der Waals surface area contributed by atoms with Crippen molar-refractivity contribution in [3.63, 3.8) is 0 Å². The normalized spacial score (nSPS) is 30.0. The number of piperidine rings is 1. The van der Waals surface area contributed by atoms with E-state index in [0.717, 1.165) is 25.7 Å². The fraction of sp³-hybridized carbons (Fsp3) is 0.867. The number of aliphatic hydroxyl groups is 1. The van der Waals surface area contributed by atoms with Gasteiger partial charge in [0, 0.05) is 13.1 Å². The lowest BCUT2D eigenvalue weighted by molar-refractivity contribution is -0.152. The van der Waals surface area contributed by atoms with E-state index in [1.165, 1.54) is 6.42 Å². The maximum absolute atomic E-state index is 12.4. The molecule has 0 aromatic rings. The Hall–Kier alpha value is -1.10. The molecule has 114 valence electrons. The van der Waals surface area contributed by atoms with Crippen LogP contribution in [0.5, 0.6) is 0 Å². The topological polar surface area (TPSA) is 77.8 Å². The van der Waals surface area contributed by atoms with Crippen LogP contribution in [0.25, 0.3) is 0 Å². The van der Waals surface area contributed by atoms with E-state index < -0.39 is 18.0 Å². The summed E-state index contributed by atoms with van der Waals surface area (Å²) in [4.78, 5) is 25.1. The van der Waals surface area contributed by atoms with Crippen LogP contribution in [0.2, 0.25) is 0 Å². The summed E-state index contributed by atoms with van der Waals surface area (Å²) in [6.45, 7) is 2.76. The van der Waals surface area contributed by atoms with Crippen LogP contribution in [-0.4, -0.2) is 46.2 Å². The van der Waals surface area contributed by atoms with E-state index in [1.807, 2.05) is 6.92 Å². The lowest BCUT2D eigenvalue weighted by Crippen LogP contribution is -2.50. The molecule has 1 aliphatic carbocycles. The van der Waals surface area contributed by atoms with Gasteiger partial charge in [0.15, 0.2) is 0 Å². The zero-order valence-electron chi connectivity index (χ0n) is 12.1. The second-order valence-corrected chi connectivity index (χ2v) is 6.46. The smallest absolute Gasteiger partial charge is 0.308 e. The largest absolute Gasteiger partial charge is 0.481 e. The Morgan fingerprint density at radius 2 is 1.80 bits per heavy atom. The number of hydrogen-bond donors (Lipinski definition) is 2. The van der Waals surface area contributed by atoms with Gasteiger partial charge in [-0.05, 0) is 31.1 Å². The molecule has 0 aromatic heterocycles. The van der Waals surface area contributed by atoms with Crippen molar-refractivity contribution in [3.8, 4) is 0 Å². The minimum Gasteiger partial charge on any atom is -0.481 e. The first-order valence-electron chi connectivity index (χ1n) is 7.68. The van der Waals surface area contributed by atoms with Crippen LogP contribution in [0.3, 0.4) is 0 Å². The Bertz CT molecular complexity index is 365. The van der Waals surface area contributed by atoms with Crippen LogP contribution in [0.4, 0.5) is 0 Å². The van der Waals surface area contributed by atoms with Crippen molar-refractivity contribution in [1.29, 1.82) is 0 Å². The number of carboxylic acids is 1. The Labute approximate surface area is 120 Å². The van der Waals surface area contributed by atoms with Crippen molar-refractivity contribution >= 4 is 11.9 Å². The summed E-state index contributed by atoms with van der Waals surface area (Å²) in [6, 6.07) is 0. The van der Waals surface area contributed by atoms with E-state index >= 15 is 0 Å². The van der Waals surface area contributed by atoms with Gasteiger partial charge >= 0.3 is 5.97 Å². The number of aliphatic carboxylic acids is 1. The van der Waals surface area contributed by atoms with Crippen molar-refractivity contribution in [3.05, 3.63) is 0 Å². The molecule has 2 rings (SSSR count). The van der Waals surface area contributed by atoms with E-state index in [1.54, 1.807) is 4.90 Å². The van der Waals surface area contributed by atoms with Crippen LogP contribution < -0.4 is 0 Å². The summed E-state index contributed by atoms with van der Waals surface area (Å²) in [5.41, 5.74) is 0. The Morgan fingerprint density at radius 3 is 2.40 bits per heavy atom. The molecule has 0 spiro atoms. The van der Waals surface area contributed by atoms with Crippen molar-refractivity contribution in [1.82, 2.24) is 4.90 Å². The zero-order valence-corrected chi connectivity index (χ0v) is 12.1. The molecule has 2 aliphatic rings. The van der Waals surface area contributed by atoms with Gasteiger partial charge in [0.25, 0.3) is 5.91 Å². The molecule has 1 saturated carbocycles. The molecule has 2 fully saturated rings. The van der Waals surface area contributed by atoms with Gasteiger partial charge in [-0.3, -0.25) is 9.59 Å². The number of amides is 1. The molecule has 1 aliphatic heterocycles. The molecule has 5 heteroatoms. The minimum atomic E-state index is -0.949. The van der Waals surface area contributed by atoms with Crippen LogP contribution in [0.15, 0.2) is 0 Å². The second kappa shape index (κ2) is 6.57. The fourth-order valence-electron chi connectivity index (χ4n) is 3.55. The van der Waals surface area contributed by atoms with Gasteiger partial charge in [-0.1, -0.05) is 26.2 Å². The molecule has 0 bridgehead atoms. The predicted octanol–water partition coefficient (Wildman–Crippen LogP) is 1.50. The van der Waals surface area contributed by atoms with Crippen LogP contribution >= 0.6 is 0 Å². The van der Waals surface area contributed by atoms with Crippen LogP contribution in [0.1, 0.15) is 45.4 Å². The summed E-state index contributed by atoms with van der Waals surface area (Å²) < 4.78 is 0. The molecule has 2 N–H and O–H groups in total. The molecule has 1 heterocycles. The summed E-state index contributed by atoms with van der Waals surface area (Å²) in [5, 5.41) is 19.4. The third-order valence-electron chi connectivity index (χ3n) is 4.67. The third kappa shape index (κ3) is 3.51. The molecule has 0 radical (unpaired) electrons. The first-order valence-corrected chi connectivity index (χ1v) is 7.68. The summed E-state index contributed by atoms with van der Waals surface area (Å²) in [6.07, 6.45) is 4.79. The number of carboxylic acid groups (broad SMARTS) is 1. The summed E-state index contributed by atoms with van der Waals surface area (Å²) >= 11 is 0. The zero-order chi connectivity index (χ0) is 14.7. The van der Waals surface area contributed by atoms with E-state index in [4.69, 9.17) is 5.11 Å². The molecule has 3 unspecified atom stereocenters. The maximum atomic E-state index is 12.4. The monoisotopic (exact) mass is 283 g/mol. The predicted molar refractivity (Wildman–Crippen MR) is 74.1 cm³/mol. The van der Waals surface area contributed by atoms with E-state index in [-0.39, 0.29) is 24.3 Å². The number of carbonyl (C=O) groups is 2. The van der Waals surface area contributed by atoms with Crippen molar-refractivity contribution in [2.24, 2.45) is 17.8 Å². The quantitative estimate of drug-likeness (QED) is 0.822. The van der Waals surface area contributed by atoms with E-state index in [2.05, 4.69) is 0 Å². The highest BCUT2D eigenvalue weighted by Gasteiger charge is 2.36. The molecule has 1 amide bonds. The van der Waals surface area contributed by atoms with Gasteiger partial charge in [-0.25, -0.2) is 0 Å². The SMILES string of the molecule is CC1CC(C(=O)O)CN(C(=O)C(O)C2CCCCC2)C1. The Morgan fingerprint density at radius 1 is 1.15 bits per heavy atom. The van der Waals surface area contributed by atoms with Crippen molar-refractivity contribution in [2.45, 2.75) is 51.6 Å². The number of hydrogen-bond acceptors (Lipinski definition) is 3. The minimum absolute atomic E-state index is 0.0526. The number of carbonyl (C=O) groups excluding carboxylic acids is 1. The highest BCUT2D eigenvalue weighted by Crippen LogP contribution is 2.29. The number of likely N-dealkylation sites (tertiary alicyclic amines) is 1. The standard InChI is InChI=1S/C15H25NO4/c1-10-7-12(15(19)20)9-16(8-10)14(18)13(17)11-5-3-2-4-6-11/h10-13,17H,2-9H2,1H3,(H,19,20). The van der Waals surface area contributed by atoms with Crippen molar-refractivity contribution in [2.75, 3.05) is 13.1 Å². The first kappa shape index (κ1) is 15.3. The Balaban J connectivity index is 1.97. The summed E-state index contributed by atoms with van der Waals surface area (Å²) in [5.74, 6) is -1.39. The second-order valence-electron chi connectivity index (χ2n) is 6.46. The van der Waals surface area contributed by atoms with Gasteiger partial charge in [-0.15, -0.1) is 0 Å². The number of aliphatic hydroxyl groups excluding tert-OH is 1. The number of rotatable bonds is 3. The molecule has 20 heavy (non-hydrogen) atoms. The first-order chi connectivity index (χ1) is 9.49. The molecular weight excluding hydrogens is 258 g/mol. The molecular formula is C15H25NO4. The maximum Gasteiger partial charge on any atom is 0.308 e. The fourth-order valence-corrected chi connectivity index (χ4v) is 3.55. The van der Waals surface area contributed by atoms with Gasteiger partial charge in [0.2, 0.25) is 0 Å². The Kier molecular flexibility index (Phi) is 5.02. The van der Waals surface area contributed by atoms with Crippen LogP contribution in [0, 0.1) is 17.8 Å². The van der Waals surface area contributed by atoms with E-state index in [9.17, 15) is 14.7 Å². The summed E-state index contributed by atoms with van der Waals surface area (Å²) in [7, 11) is 0. The lowest BCUT2D eigenvalue weighted by Gasteiger charge is -2.37. The molecule has 5 nitrogen and oxygen atoms in total. The third-order valence-corrected chi connectivity index (χ3v) is 4.67. The van der Waals surface area contributed by atoms with E-state index in [0.29, 0.717) is 13.0 Å². The molecule has 0 aromatic carbocycles. The van der Waals surface area contributed by atoms with Gasteiger partial charge in [-0.2, -0.15) is 0 Å². The molecule has 1 saturated heterocycles. The lowest BCUT2D eigenvalue weighted by atomic mass is 9.84. The number of nitrogens with zero attached hydrogens (tertiary/aromatic N) is 1. The van der Waals surface area contributed by atoms with Crippen LogP contribution in [-0.2, 0) is 9.59 Å². The van der Waals surface area contributed by atoms with Gasteiger partial charge in [0.1, 0.15) is 6.10 Å². The van der Waals surface area contributed by atoms with Gasteiger partial charge < -0.3 is 15.1 Å². The average molecular weight is 283 g/mol. The highest BCUT2D eigenvalue weighted by molar-refractivity contribution is 5.82.